The molecule has 3 rings (SSSR count). The Bertz CT molecular complexity index is 414. The van der Waals surface area contributed by atoms with Crippen LogP contribution in [0.1, 0.15) is 37.7 Å². The molecule has 0 aliphatic heterocycles. The lowest BCUT2D eigenvalue weighted by Crippen LogP contribution is -2.38. The highest BCUT2D eigenvalue weighted by molar-refractivity contribution is 5.76. The summed E-state index contributed by atoms with van der Waals surface area (Å²) in [7, 11) is 0. The zero-order valence-corrected chi connectivity index (χ0v) is 10.8. The lowest BCUT2D eigenvalue weighted by molar-refractivity contribution is -0.122. The summed E-state index contributed by atoms with van der Waals surface area (Å²) in [5, 5.41) is 3.24. The Labute approximate surface area is 109 Å². The lowest BCUT2D eigenvalue weighted by Gasteiger charge is -2.22. The van der Waals surface area contributed by atoms with Crippen molar-refractivity contribution in [3.8, 4) is 0 Å². The van der Waals surface area contributed by atoms with Crippen LogP contribution in [-0.2, 0) is 11.2 Å². The number of nitrogens with one attached hydrogen (secondary N) is 1. The second-order valence-corrected chi connectivity index (χ2v) is 5.83. The zero-order chi connectivity index (χ0) is 12.4. The summed E-state index contributed by atoms with van der Waals surface area (Å²) in [6, 6.07) is 10.7. The van der Waals surface area contributed by atoms with Gasteiger partial charge >= 0.3 is 0 Å². The van der Waals surface area contributed by atoms with E-state index in [-0.39, 0.29) is 5.91 Å². The summed E-state index contributed by atoms with van der Waals surface area (Å²) in [6.45, 7) is 0. The van der Waals surface area contributed by atoms with Crippen molar-refractivity contribution in [1.82, 2.24) is 5.32 Å². The van der Waals surface area contributed by atoms with Crippen molar-refractivity contribution in [2.24, 2.45) is 11.8 Å². The number of fused-ring (bicyclic) bond motifs is 2. The fourth-order valence-corrected chi connectivity index (χ4v) is 3.60. The molecule has 0 aromatic heterocycles. The molecule has 2 saturated carbocycles. The first-order chi connectivity index (χ1) is 8.81. The topological polar surface area (TPSA) is 29.1 Å². The third-order valence-electron chi connectivity index (χ3n) is 4.57. The highest BCUT2D eigenvalue weighted by Gasteiger charge is 2.39. The van der Waals surface area contributed by atoms with Crippen LogP contribution in [0.2, 0.25) is 0 Å². The molecule has 1 aromatic carbocycles. The van der Waals surface area contributed by atoms with Gasteiger partial charge in [0.15, 0.2) is 0 Å². The molecule has 2 aliphatic carbocycles. The number of hydrogen-bond acceptors (Lipinski definition) is 1. The molecule has 96 valence electrons. The molecule has 18 heavy (non-hydrogen) atoms. The first-order valence-electron chi connectivity index (χ1n) is 7.14. The second-order valence-electron chi connectivity index (χ2n) is 5.83. The van der Waals surface area contributed by atoms with Gasteiger partial charge in [0.1, 0.15) is 0 Å². The predicted molar refractivity (Wildman–Crippen MR) is 72.1 cm³/mol. The molecule has 0 saturated heterocycles. The monoisotopic (exact) mass is 243 g/mol. The van der Waals surface area contributed by atoms with Crippen LogP contribution in [0.3, 0.4) is 0 Å². The smallest absolute Gasteiger partial charge is 0.220 e. The van der Waals surface area contributed by atoms with Gasteiger partial charge in [-0.25, -0.2) is 0 Å². The highest BCUT2D eigenvalue weighted by Crippen LogP contribution is 2.44. The van der Waals surface area contributed by atoms with Gasteiger partial charge in [0.2, 0.25) is 5.91 Å². The Morgan fingerprint density at radius 1 is 1.17 bits per heavy atom. The first kappa shape index (κ1) is 11.8. The van der Waals surface area contributed by atoms with E-state index in [9.17, 15) is 4.79 Å². The first-order valence-corrected chi connectivity index (χ1v) is 7.14. The van der Waals surface area contributed by atoms with E-state index in [1.165, 1.54) is 31.2 Å². The van der Waals surface area contributed by atoms with E-state index in [1.807, 2.05) is 18.2 Å². The van der Waals surface area contributed by atoms with E-state index >= 15 is 0 Å². The van der Waals surface area contributed by atoms with Crippen molar-refractivity contribution in [1.29, 1.82) is 0 Å². The minimum absolute atomic E-state index is 0.233. The Balaban J connectivity index is 1.45. The van der Waals surface area contributed by atoms with Crippen LogP contribution >= 0.6 is 0 Å². The Hall–Kier alpha value is -1.31. The van der Waals surface area contributed by atoms with E-state index < -0.39 is 0 Å². The Morgan fingerprint density at radius 3 is 2.67 bits per heavy atom. The number of hydrogen-bond donors (Lipinski definition) is 1. The van der Waals surface area contributed by atoms with Crippen LogP contribution in [0.4, 0.5) is 0 Å². The van der Waals surface area contributed by atoms with E-state index in [2.05, 4.69) is 17.4 Å². The summed E-state index contributed by atoms with van der Waals surface area (Å²) in [6.07, 6.45) is 6.77. The zero-order valence-electron chi connectivity index (χ0n) is 10.8. The van der Waals surface area contributed by atoms with E-state index in [0.717, 1.165) is 18.3 Å². The Morgan fingerprint density at radius 2 is 2.00 bits per heavy atom. The maximum absolute atomic E-state index is 11.9. The number of rotatable bonds is 4. The summed E-state index contributed by atoms with van der Waals surface area (Å²) in [5.74, 6) is 1.90. The average Bonchev–Trinajstić information content (AvgIpc) is 3.00. The van der Waals surface area contributed by atoms with Gasteiger partial charge in [0.05, 0.1) is 0 Å². The fraction of sp³-hybridized carbons (Fsp3) is 0.562. The fourth-order valence-electron chi connectivity index (χ4n) is 3.60. The molecule has 0 heterocycles. The van der Waals surface area contributed by atoms with Crippen LogP contribution in [0.15, 0.2) is 30.3 Å². The maximum atomic E-state index is 11.9. The molecule has 3 atom stereocenters. The number of aryl methyl sites for hydroxylation is 1. The third-order valence-corrected chi connectivity index (χ3v) is 4.57. The molecular formula is C16H21NO. The number of carbonyl (C=O) groups is 1. The normalized spacial score (nSPS) is 29.4. The number of benzene rings is 1. The van der Waals surface area contributed by atoms with Gasteiger partial charge in [-0.1, -0.05) is 36.8 Å². The molecule has 1 amide bonds. The van der Waals surface area contributed by atoms with Crippen molar-refractivity contribution in [3.05, 3.63) is 35.9 Å². The highest BCUT2D eigenvalue weighted by atomic mass is 16.1. The van der Waals surface area contributed by atoms with Crippen molar-refractivity contribution < 1.29 is 4.79 Å². The molecular weight excluding hydrogens is 222 g/mol. The summed E-state index contributed by atoms with van der Waals surface area (Å²) >= 11 is 0. The number of amides is 1. The molecule has 2 aliphatic rings. The van der Waals surface area contributed by atoms with E-state index in [4.69, 9.17) is 0 Å². The van der Waals surface area contributed by atoms with Gasteiger partial charge in [-0.3, -0.25) is 4.79 Å². The quantitative estimate of drug-likeness (QED) is 0.865. The van der Waals surface area contributed by atoms with Crippen LogP contribution < -0.4 is 5.32 Å². The third kappa shape index (κ3) is 2.58. The number of carbonyl (C=O) groups excluding carboxylic acids is 1. The van der Waals surface area contributed by atoms with Gasteiger partial charge in [-0.05, 0) is 43.1 Å². The molecule has 2 bridgehead atoms. The van der Waals surface area contributed by atoms with Gasteiger partial charge in [0, 0.05) is 12.5 Å². The molecule has 0 unspecified atom stereocenters. The minimum atomic E-state index is 0.233. The van der Waals surface area contributed by atoms with Gasteiger partial charge in [-0.2, -0.15) is 0 Å². The second kappa shape index (κ2) is 5.13. The molecule has 2 heteroatoms. The van der Waals surface area contributed by atoms with Crippen LogP contribution in [0.5, 0.6) is 0 Å². The van der Waals surface area contributed by atoms with Crippen molar-refractivity contribution >= 4 is 5.91 Å². The van der Waals surface area contributed by atoms with Crippen molar-refractivity contribution in [3.63, 3.8) is 0 Å². The predicted octanol–water partition coefficient (Wildman–Crippen LogP) is 2.92. The van der Waals surface area contributed by atoms with Crippen LogP contribution in [0, 0.1) is 11.8 Å². The van der Waals surface area contributed by atoms with Gasteiger partial charge < -0.3 is 5.32 Å². The van der Waals surface area contributed by atoms with Crippen molar-refractivity contribution in [2.75, 3.05) is 0 Å². The van der Waals surface area contributed by atoms with Crippen molar-refractivity contribution in [2.45, 2.75) is 44.6 Å². The van der Waals surface area contributed by atoms with E-state index in [0.29, 0.717) is 12.5 Å². The van der Waals surface area contributed by atoms with Gasteiger partial charge in [-0.15, -0.1) is 0 Å². The largest absolute Gasteiger partial charge is 0.353 e. The summed E-state index contributed by atoms with van der Waals surface area (Å²) in [4.78, 5) is 11.9. The molecule has 0 spiro atoms. The van der Waals surface area contributed by atoms with Crippen LogP contribution in [-0.4, -0.2) is 11.9 Å². The van der Waals surface area contributed by atoms with Gasteiger partial charge in [0.25, 0.3) is 0 Å². The van der Waals surface area contributed by atoms with E-state index in [1.54, 1.807) is 0 Å². The summed E-state index contributed by atoms with van der Waals surface area (Å²) < 4.78 is 0. The molecule has 1 aromatic rings. The SMILES string of the molecule is O=C(CCc1ccccc1)N[C@@H]1C[C@H]2CC[C@@H]1C2. The molecule has 1 N–H and O–H groups in total. The molecule has 2 fully saturated rings. The Kier molecular flexibility index (Phi) is 3.35. The molecule has 0 radical (unpaired) electrons. The minimum Gasteiger partial charge on any atom is -0.353 e. The maximum Gasteiger partial charge on any atom is 0.220 e. The molecule has 2 nitrogen and oxygen atoms in total. The lowest BCUT2D eigenvalue weighted by atomic mass is 9.95. The van der Waals surface area contributed by atoms with Crippen LogP contribution in [0.25, 0.3) is 0 Å². The average molecular weight is 243 g/mol. The summed E-state index contributed by atoms with van der Waals surface area (Å²) in [5.41, 5.74) is 1.25. The standard InChI is InChI=1S/C16H21NO/c18-16(9-7-12-4-2-1-3-5-12)17-15-11-13-6-8-14(15)10-13/h1-5,13-15H,6-11H2,(H,17,18)/t13-,14+,15+/m0/s1.